The van der Waals surface area contributed by atoms with Crippen LogP contribution in [0.1, 0.15) is 78.9 Å². The number of phenolic OH excluding ortho intramolecular Hbond substituents is 1. The van der Waals surface area contributed by atoms with Crippen molar-refractivity contribution in [3.05, 3.63) is 84.1 Å². The maximum atomic E-state index is 14.4. The van der Waals surface area contributed by atoms with Gasteiger partial charge in [0.2, 0.25) is 0 Å². The first-order chi connectivity index (χ1) is 20.4. The minimum absolute atomic E-state index is 0.0123. The van der Waals surface area contributed by atoms with Gasteiger partial charge in [-0.15, -0.1) is 10.2 Å². The summed E-state index contributed by atoms with van der Waals surface area (Å²) < 4.78 is 29.9. The van der Waals surface area contributed by atoms with E-state index >= 15 is 0 Å². The van der Waals surface area contributed by atoms with Gasteiger partial charge in [0.15, 0.2) is 17.3 Å². The van der Waals surface area contributed by atoms with E-state index in [-0.39, 0.29) is 33.7 Å². The van der Waals surface area contributed by atoms with E-state index in [9.17, 15) is 13.5 Å². The molecule has 0 bridgehead atoms. The van der Waals surface area contributed by atoms with Crippen LogP contribution in [-0.4, -0.2) is 29.5 Å². The van der Waals surface area contributed by atoms with Crippen LogP contribution in [0, 0.1) is 0 Å². The van der Waals surface area contributed by atoms with Gasteiger partial charge in [-0.25, -0.2) is 13.4 Å². The fraction of sp³-hybridized carbons (Fsp3) is 0.382. The molecular weight excluding hydrogens is 560 g/mol. The van der Waals surface area contributed by atoms with Crippen molar-refractivity contribution in [1.82, 2.24) is 9.45 Å². The third-order valence-corrected chi connectivity index (χ3v) is 9.96. The number of pyridine rings is 1. The van der Waals surface area contributed by atoms with E-state index in [0.29, 0.717) is 28.8 Å². The van der Waals surface area contributed by atoms with Gasteiger partial charge in [-0.3, -0.25) is 0 Å². The zero-order valence-corrected chi connectivity index (χ0v) is 26.9. The maximum absolute atomic E-state index is 14.4. The Kier molecular flexibility index (Phi) is 9.57. The van der Waals surface area contributed by atoms with Crippen molar-refractivity contribution in [2.24, 2.45) is 10.2 Å². The number of rotatable bonds is 12. The molecule has 0 radical (unpaired) electrons. The molecule has 3 aromatic carbocycles. The fourth-order valence-electron chi connectivity index (χ4n) is 4.69. The van der Waals surface area contributed by atoms with Crippen molar-refractivity contribution in [3.63, 3.8) is 0 Å². The second-order valence-electron chi connectivity index (χ2n) is 12.0. The standard InChI is InChI=1S/C34H42N4O4S/c1-8-21-38(42-29-19-18-24(33(4,5)9-2)22-27(29)34(6,7)10-3)43(40,41)30-23-28(36-37-31-17-13-14-20-35-31)32(39)26-16-12-11-15-25(26)30/h11-20,22-23,39H,8-10,21H2,1-7H3. The molecule has 0 saturated heterocycles. The molecule has 0 saturated carbocycles. The lowest BCUT2D eigenvalue weighted by Crippen LogP contribution is -2.36. The van der Waals surface area contributed by atoms with Crippen LogP contribution in [-0.2, 0) is 20.9 Å². The average molecular weight is 603 g/mol. The molecule has 0 atom stereocenters. The fourth-order valence-corrected chi connectivity index (χ4v) is 6.23. The normalized spacial score (nSPS) is 12.8. The van der Waals surface area contributed by atoms with Gasteiger partial charge in [0.25, 0.3) is 10.0 Å². The second kappa shape index (κ2) is 12.8. The highest BCUT2D eigenvalue weighted by Gasteiger charge is 2.33. The van der Waals surface area contributed by atoms with Gasteiger partial charge in [0.1, 0.15) is 5.69 Å². The summed E-state index contributed by atoms with van der Waals surface area (Å²) in [6.07, 6.45) is 3.90. The van der Waals surface area contributed by atoms with E-state index in [1.807, 2.05) is 19.1 Å². The van der Waals surface area contributed by atoms with Crippen molar-refractivity contribution in [1.29, 1.82) is 0 Å². The third kappa shape index (κ3) is 6.73. The molecule has 43 heavy (non-hydrogen) atoms. The van der Waals surface area contributed by atoms with Crippen LogP contribution in [0.3, 0.4) is 0 Å². The number of nitrogens with zero attached hydrogens (tertiary/aromatic N) is 4. The van der Waals surface area contributed by atoms with Gasteiger partial charge in [-0.05, 0) is 64.4 Å². The number of fused-ring (bicyclic) bond motifs is 1. The van der Waals surface area contributed by atoms with Crippen molar-refractivity contribution in [2.45, 2.75) is 83.5 Å². The van der Waals surface area contributed by atoms with Gasteiger partial charge >= 0.3 is 0 Å². The van der Waals surface area contributed by atoms with Gasteiger partial charge in [-0.1, -0.05) is 90.9 Å². The summed E-state index contributed by atoms with van der Waals surface area (Å²) >= 11 is 0. The molecule has 4 aromatic rings. The number of aromatic hydroxyl groups is 1. The lowest BCUT2D eigenvalue weighted by molar-refractivity contribution is 0.0338. The van der Waals surface area contributed by atoms with Crippen LogP contribution in [0.2, 0.25) is 0 Å². The van der Waals surface area contributed by atoms with Crippen LogP contribution >= 0.6 is 0 Å². The lowest BCUT2D eigenvalue weighted by atomic mass is 9.76. The number of aromatic nitrogens is 1. The Morgan fingerprint density at radius 2 is 1.53 bits per heavy atom. The van der Waals surface area contributed by atoms with E-state index in [4.69, 9.17) is 4.84 Å². The SMILES string of the molecule is CCCN(Oc1ccc(C(C)(C)CC)cc1C(C)(C)CC)S(=O)(=O)c1cc(N=Nc2ccccn2)c(O)c2ccccc12. The molecular formula is C34H42N4O4S. The summed E-state index contributed by atoms with van der Waals surface area (Å²) in [5, 5.41) is 20.0. The molecule has 4 rings (SSSR count). The molecule has 0 amide bonds. The summed E-state index contributed by atoms with van der Waals surface area (Å²) in [6, 6.07) is 19.4. The molecule has 1 heterocycles. The zero-order valence-electron chi connectivity index (χ0n) is 26.1. The Morgan fingerprint density at radius 1 is 0.860 bits per heavy atom. The molecule has 1 aromatic heterocycles. The molecule has 0 fully saturated rings. The molecule has 0 unspecified atom stereocenters. The van der Waals surface area contributed by atoms with Crippen LogP contribution in [0.5, 0.6) is 11.5 Å². The smallest absolute Gasteiger partial charge is 0.274 e. The van der Waals surface area contributed by atoms with E-state index in [1.165, 1.54) is 11.6 Å². The lowest BCUT2D eigenvalue weighted by Gasteiger charge is -2.32. The Balaban J connectivity index is 1.86. The molecule has 8 nitrogen and oxygen atoms in total. The zero-order chi connectivity index (χ0) is 31.4. The molecule has 228 valence electrons. The molecule has 0 aliphatic rings. The highest BCUT2D eigenvalue weighted by atomic mass is 32.2. The Labute approximate surface area is 255 Å². The number of sulfonamides is 1. The Hall–Kier alpha value is -3.82. The monoisotopic (exact) mass is 602 g/mol. The van der Waals surface area contributed by atoms with Gasteiger partial charge in [-0.2, -0.15) is 0 Å². The number of hydrogen-bond acceptors (Lipinski definition) is 7. The Morgan fingerprint density at radius 3 is 2.16 bits per heavy atom. The highest BCUT2D eigenvalue weighted by molar-refractivity contribution is 7.89. The first-order valence-corrected chi connectivity index (χ1v) is 16.2. The van der Waals surface area contributed by atoms with Crippen molar-refractivity contribution in [3.8, 4) is 11.5 Å². The first kappa shape index (κ1) is 32.1. The molecule has 1 N–H and O–H groups in total. The third-order valence-electron chi connectivity index (χ3n) is 8.28. The summed E-state index contributed by atoms with van der Waals surface area (Å²) in [5.74, 6) is 0.659. The van der Waals surface area contributed by atoms with Crippen molar-refractivity contribution >= 4 is 32.3 Å². The minimum atomic E-state index is -4.24. The predicted molar refractivity (Wildman–Crippen MR) is 172 cm³/mol. The summed E-state index contributed by atoms with van der Waals surface area (Å²) in [4.78, 5) is 10.5. The quantitative estimate of drug-likeness (QED) is 0.129. The Bertz CT molecular complexity index is 1720. The number of hydrogen-bond donors (Lipinski definition) is 1. The van der Waals surface area contributed by atoms with E-state index in [1.54, 1.807) is 48.7 Å². The predicted octanol–water partition coefficient (Wildman–Crippen LogP) is 9.13. The van der Waals surface area contributed by atoms with Crippen LogP contribution in [0.25, 0.3) is 10.8 Å². The number of hydroxylamine groups is 1. The maximum Gasteiger partial charge on any atom is 0.274 e. The molecule has 0 spiro atoms. The van der Waals surface area contributed by atoms with E-state index < -0.39 is 10.0 Å². The van der Waals surface area contributed by atoms with Gasteiger partial charge in [0, 0.05) is 22.5 Å². The van der Waals surface area contributed by atoms with Crippen molar-refractivity contribution in [2.75, 3.05) is 6.54 Å². The van der Waals surface area contributed by atoms with Crippen molar-refractivity contribution < 1.29 is 18.4 Å². The van der Waals surface area contributed by atoms with E-state index in [2.05, 4.69) is 62.8 Å². The largest absolute Gasteiger partial charge is 0.505 e. The van der Waals surface area contributed by atoms with Crippen LogP contribution < -0.4 is 4.84 Å². The molecule has 0 aliphatic carbocycles. The first-order valence-electron chi connectivity index (χ1n) is 14.8. The van der Waals surface area contributed by atoms with Gasteiger partial charge < -0.3 is 9.94 Å². The van der Waals surface area contributed by atoms with E-state index in [0.717, 1.165) is 22.9 Å². The molecule has 9 heteroatoms. The van der Waals surface area contributed by atoms with Crippen LogP contribution in [0.15, 0.2) is 88.1 Å². The molecule has 0 aliphatic heterocycles. The summed E-state index contributed by atoms with van der Waals surface area (Å²) in [6.45, 7) is 15.0. The van der Waals surface area contributed by atoms with Crippen LogP contribution in [0.4, 0.5) is 11.5 Å². The number of benzene rings is 3. The number of azo groups is 1. The summed E-state index contributed by atoms with van der Waals surface area (Å²) in [7, 11) is -4.24. The minimum Gasteiger partial charge on any atom is -0.505 e. The highest BCUT2D eigenvalue weighted by Crippen LogP contribution is 2.42. The average Bonchev–Trinajstić information content (AvgIpc) is 3.01. The number of phenols is 1. The second-order valence-corrected chi connectivity index (χ2v) is 13.8. The topological polar surface area (TPSA) is 104 Å². The summed E-state index contributed by atoms with van der Waals surface area (Å²) in [5.41, 5.74) is 1.83. The van der Waals surface area contributed by atoms with Gasteiger partial charge in [0.05, 0.1) is 11.4 Å².